The third-order valence-corrected chi connectivity index (χ3v) is 3.36. The molecule has 1 amide bonds. The highest BCUT2D eigenvalue weighted by Crippen LogP contribution is 2.09. The Morgan fingerprint density at radius 3 is 2.30 bits per heavy atom. The third-order valence-electron chi connectivity index (χ3n) is 3.36. The van der Waals surface area contributed by atoms with Gasteiger partial charge in [0.15, 0.2) is 0 Å². The van der Waals surface area contributed by atoms with Crippen molar-refractivity contribution in [1.29, 1.82) is 0 Å². The Morgan fingerprint density at radius 2 is 1.74 bits per heavy atom. The molecule has 0 bridgehead atoms. The lowest BCUT2D eigenvalue weighted by molar-refractivity contribution is 0.0688. The number of hydrogen-bond donors (Lipinski definition) is 4. The molecule has 2 aromatic rings. The van der Waals surface area contributed by atoms with Crippen LogP contribution in [0.25, 0.3) is 0 Å². The standard InChI is InChI=1S/C15H15N3O5/c1-16-12(19)9-5-2-8(3-6-9)4-7-10-11(14(21)22)17-15(23)18-13(10)20/h2-3,5-6H,4,7H2,1H3,(H,16,19)(H,21,22)(H2,17,18,20,23). The van der Waals surface area contributed by atoms with Crippen molar-refractivity contribution in [3.8, 4) is 0 Å². The molecule has 0 saturated carbocycles. The summed E-state index contributed by atoms with van der Waals surface area (Å²) in [6.07, 6.45) is 0.538. The van der Waals surface area contributed by atoms with Gasteiger partial charge in [0, 0.05) is 18.2 Å². The summed E-state index contributed by atoms with van der Waals surface area (Å²) in [5, 5.41) is 11.6. The number of H-pyrrole nitrogens is 2. The number of amides is 1. The molecule has 0 atom stereocenters. The average Bonchev–Trinajstić information content (AvgIpc) is 2.53. The van der Waals surface area contributed by atoms with Gasteiger partial charge < -0.3 is 15.4 Å². The second kappa shape index (κ2) is 6.73. The first-order valence-corrected chi connectivity index (χ1v) is 6.82. The van der Waals surface area contributed by atoms with Crippen LogP contribution in [0.15, 0.2) is 33.9 Å². The Bertz CT molecular complexity index is 849. The normalized spacial score (nSPS) is 10.3. The summed E-state index contributed by atoms with van der Waals surface area (Å²) in [7, 11) is 1.53. The van der Waals surface area contributed by atoms with E-state index in [0.717, 1.165) is 5.56 Å². The molecule has 0 saturated heterocycles. The highest BCUT2D eigenvalue weighted by molar-refractivity contribution is 5.93. The molecule has 1 aromatic carbocycles. The molecular formula is C15H15N3O5. The summed E-state index contributed by atoms with van der Waals surface area (Å²) in [6, 6.07) is 6.74. The number of rotatable bonds is 5. The zero-order valence-electron chi connectivity index (χ0n) is 12.3. The number of aromatic amines is 2. The molecule has 0 fully saturated rings. The van der Waals surface area contributed by atoms with Crippen molar-refractivity contribution in [1.82, 2.24) is 15.3 Å². The minimum Gasteiger partial charge on any atom is -0.477 e. The van der Waals surface area contributed by atoms with Gasteiger partial charge in [-0.1, -0.05) is 12.1 Å². The third kappa shape index (κ3) is 3.73. The van der Waals surface area contributed by atoms with E-state index in [-0.39, 0.29) is 17.9 Å². The van der Waals surface area contributed by atoms with E-state index in [2.05, 4.69) is 10.3 Å². The van der Waals surface area contributed by atoms with Crippen LogP contribution in [0.5, 0.6) is 0 Å². The predicted octanol–water partition coefficient (Wildman–Crippen LogP) is -0.0938. The molecule has 0 aliphatic heterocycles. The first-order chi connectivity index (χ1) is 10.9. The highest BCUT2D eigenvalue weighted by Gasteiger charge is 2.15. The van der Waals surface area contributed by atoms with E-state index in [1.165, 1.54) is 7.05 Å². The van der Waals surface area contributed by atoms with E-state index in [9.17, 15) is 19.2 Å². The van der Waals surface area contributed by atoms with Gasteiger partial charge in [-0.3, -0.25) is 14.6 Å². The summed E-state index contributed by atoms with van der Waals surface area (Å²) in [6.45, 7) is 0. The number of aromatic carboxylic acids is 1. The maximum Gasteiger partial charge on any atom is 0.352 e. The van der Waals surface area contributed by atoms with Gasteiger partial charge in [0.2, 0.25) is 0 Å². The topological polar surface area (TPSA) is 132 Å². The van der Waals surface area contributed by atoms with Crippen molar-refractivity contribution < 1.29 is 14.7 Å². The molecule has 4 N–H and O–H groups in total. The molecule has 120 valence electrons. The summed E-state index contributed by atoms with van der Waals surface area (Å²) >= 11 is 0. The van der Waals surface area contributed by atoms with E-state index in [1.807, 2.05) is 4.98 Å². The van der Waals surface area contributed by atoms with Crippen molar-refractivity contribution >= 4 is 11.9 Å². The highest BCUT2D eigenvalue weighted by atomic mass is 16.4. The Labute approximate surface area is 130 Å². The largest absolute Gasteiger partial charge is 0.477 e. The van der Waals surface area contributed by atoms with Crippen molar-refractivity contribution in [2.75, 3.05) is 7.05 Å². The number of benzene rings is 1. The molecule has 1 heterocycles. The molecule has 2 rings (SSSR count). The molecule has 0 spiro atoms. The SMILES string of the molecule is CNC(=O)c1ccc(CCc2c(C(=O)O)[nH]c(=O)[nH]c2=O)cc1. The van der Waals surface area contributed by atoms with E-state index >= 15 is 0 Å². The number of carbonyl (C=O) groups excluding carboxylic acids is 1. The first-order valence-electron chi connectivity index (χ1n) is 6.82. The van der Waals surface area contributed by atoms with Crippen LogP contribution in [0, 0.1) is 0 Å². The van der Waals surface area contributed by atoms with Crippen molar-refractivity contribution in [3.63, 3.8) is 0 Å². The summed E-state index contributed by atoms with van der Waals surface area (Å²) < 4.78 is 0. The van der Waals surface area contributed by atoms with Crippen molar-refractivity contribution in [3.05, 3.63) is 67.5 Å². The molecular weight excluding hydrogens is 302 g/mol. The fraction of sp³-hybridized carbons (Fsp3) is 0.200. The van der Waals surface area contributed by atoms with Crippen LogP contribution in [0.1, 0.15) is 32.0 Å². The Balaban J connectivity index is 2.21. The van der Waals surface area contributed by atoms with Gasteiger partial charge in [-0.15, -0.1) is 0 Å². The number of nitrogens with one attached hydrogen (secondary N) is 3. The van der Waals surface area contributed by atoms with Gasteiger partial charge >= 0.3 is 11.7 Å². The Kier molecular flexibility index (Phi) is 4.75. The van der Waals surface area contributed by atoms with Gasteiger partial charge in [0.25, 0.3) is 11.5 Å². The van der Waals surface area contributed by atoms with E-state index in [1.54, 1.807) is 24.3 Å². The quantitative estimate of drug-likeness (QED) is 0.611. The van der Waals surface area contributed by atoms with Crippen LogP contribution in [0.4, 0.5) is 0 Å². The number of aryl methyl sites for hydroxylation is 1. The number of carboxylic acids is 1. The average molecular weight is 317 g/mol. The fourth-order valence-electron chi connectivity index (χ4n) is 2.17. The lowest BCUT2D eigenvalue weighted by Crippen LogP contribution is -2.30. The lowest BCUT2D eigenvalue weighted by Gasteiger charge is -2.06. The smallest absolute Gasteiger partial charge is 0.352 e. The maximum atomic E-state index is 11.8. The number of carboxylic acid groups (broad SMARTS) is 1. The van der Waals surface area contributed by atoms with Crippen LogP contribution < -0.4 is 16.6 Å². The molecule has 1 aromatic heterocycles. The van der Waals surface area contributed by atoms with Crippen molar-refractivity contribution in [2.45, 2.75) is 12.8 Å². The lowest BCUT2D eigenvalue weighted by atomic mass is 10.0. The molecule has 8 heteroatoms. The molecule has 23 heavy (non-hydrogen) atoms. The predicted molar refractivity (Wildman–Crippen MR) is 81.9 cm³/mol. The Morgan fingerprint density at radius 1 is 1.09 bits per heavy atom. The molecule has 0 radical (unpaired) electrons. The minimum atomic E-state index is -1.36. The van der Waals surface area contributed by atoms with Crippen LogP contribution in [0.3, 0.4) is 0 Å². The van der Waals surface area contributed by atoms with Crippen LogP contribution >= 0.6 is 0 Å². The van der Waals surface area contributed by atoms with Crippen LogP contribution in [-0.2, 0) is 12.8 Å². The zero-order chi connectivity index (χ0) is 17.0. The summed E-state index contributed by atoms with van der Waals surface area (Å²) in [5.41, 5.74) is -0.628. The van der Waals surface area contributed by atoms with Crippen LogP contribution in [-0.4, -0.2) is 34.0 Å². The van der Waals surface area contributed by atoms with Gasteiger partial charge in [0.05, 0.1) is 0 Å². The molecule has 0 unspecified atom stereocenters. The molecule has 0 aliphatic rings. The minimum absolute atomic E-state index is 0.00692. The van der Waals surface area contributed by atoms with Gasteiger partial charge in [0.1, 0.15) is 5.69 Å². The van der Waals surface area contributed by atoms with E-state index in [4.69, 9.17) is 5.11 Å². The van der Waals surface area contributed by atoms with E-state index < -0.39 is 22.9 Å². The number of aromatic nitrogens is 2. The maximum absolute atomic E-state index is 11.8. The zero-order valence-corrected chi connectivity index (χ0v) is 12.3. The second-order valence-electron chi connectivity index (χ2n) is 4.84. The fourth-order valence-corrected chi connectivity index (χ4v) is 2.17. The molecule has 8 nitrogen and oxygen atoms in total. The Hall–Kier alpha value is -3.16. The second-order valence-corrected chi connectivity index (χ2v) is 4.84. The van der Waals surface area contributed by atoms with Crippen molar-refractivity contribution in [2.24, 2.45) is 0 Å². The van der Waals surface area contributed by atoms with Gasteiger partial charge in [-0.2, -0.15) is 0 Å². The monoisotopic (exact) mass is 317 g/mol. The number of hydrogen-bond acceptors (Lipinski definition) is 4. The summed E-state index contributed by atoms with van der Waals surface area (Å²) in [5.74, 6) is -1.57. The molecule has 0 aliphatic carbocycles. The van der Waals surface area contributed by atoms with Gasteiger partial charge in [-0.05, 0) is 30.5 Å². The summed E-state index contributed by atoms with van der Waals surface area (Å²) in [4.78, 5) is 49.6. The van der Waals surface area contributed by atoms with Crippen LogP contribution in [0.2, 0.25) is 0 Å². The van der Waals surface area contributed by atoms with Gasteiger partial charge in [-0.25, -0.2) is 9.59 Å². The van der Waals surface area contributed by atoms with E-state index in [0.29, 0.717) is 12.0 Å². The number of carbonyl (C=O) groups is 2. The first kappa shape index (κ1) is 16.2.